The number of likely N-dealkylation sites (tertiary alicyclic amines) is 1. The molecular weight excluding hydrogens is 226 g/mol. The maximum Gasteiger partial charge on any atom is 0.232 e. The molecule has 102 valence electrons. The molecule has 0 N–H and O–H groups in total. The molecule has 1 atom stereocenters. The van der Waals surface area contributed by atoms with Crippen molar-refractivity contribution in [1.82, 2.24) is 14.9 Å². The smallest absolute Gasteiger partial charge is 0.232 e. The molecule has 1 aliphatic rings. The Hall–Kier alpha value is -1.16. The average molecular weight is 251 g/mol. The van der Waals surface area contributed by atoms with Gasteiger partial charge in [0.25, 0.3) is 0 Å². The van der Waals surface area contributed by atoms with Gasteiger partial charge in [-0.1, -0.05) is 13.8 Å². The van der Waals surface area contributed by atoms with Crippen LogP contribution < -0.4 is 4.74 Å². The van der Waals surface area contributed by atoms with Crippen LogP contribution in [0.15, 0.2) is 18.6 Å². The Morgan fingerprint density at radius 3 is 2.72 bits per heavy atom. The van der Waals surface area contributed by atoms with E-state index in [-0.39, 0.29) is 6.10 Å². The van der Waals surface area contributed by atoms with Gasteiger partial charge < -0.3 is 4.74 Å². The molecule has 1 aliphatic heterocycles. The van der Waals surface area contributed by atoms with Crippen LogP contribution >= 0.6 is 0 Å². The zero-order valence-corrected chi connectivity index (χ0v) is 12.0. The molecule has 0 saturated carbocycles. The average Bonchev–Trinajstić information content (AvgIpc) is 2.42. The van der Waals surface area contributed by atoms with Crippen molar-refractivity contribution in [2.45, 2.75) is 52.7 Å². The fraction of sp³-hybridized carbons (Fsp3) is 0.714. The highest BCUT2D eigenvalue weighted by atomic mass is 16.5. The van der Waals surface area contributed by atoms with Crippen LogP contribution in [0.25, 0.3) is 0 Å². The van der Waals surface area contributed by atoms with Crippen molar-refractivity contribution in [3.8, 4) is 5.88 Å². The highest BCUT2D eigenvalue weighted by molar-refractivity contribution is 5.02. The molecule has 1 fully saturated rings. The first-order valence-corrected chi connectivity index (χ1v) is 6.92. The summed E-state index contributed by atoms with van der Waals surface area (Å²) in [5.41, 5.74) is 0. The molecule has 0 aromatic carbocycles. The third-order valence-corrected chi connectivity index (χ3v) is 2.97. The van der Waals surface area contributed by atoms with Crippen molar-refractivity contribution in [2.75, 3.05) is 13.1 Å². The second kappa shape index (κ2) is 8.03. The monoisotopic (exact) mass is 251 g/mol. The summed E-state index contributed by atoms with van der Waals surface area (Å²) in [5, 5.41) is 0. The van der Waals surface area contributed by atoms with E-state index in [0.717, 1.165) is 13.0 Å². The van der Waals surface area contributed by atoms with E-state index in [1.165, 1.54) is 13.0 Å². The van der Waals surface area contributed by atoms with E-state index in [9.17, 15) is 0 Å². The van der Waals surface area contributed by atoms with Crippen molar-refractivity contribution < 1.29 is 4.74 Å². The number of piperidine rings is 1. The molecule has 4 heteroatoms. The number of hydrogen-bond acceptors (Lipinski definition) is 4. The van der Waals surface area contributed by atoms with E-state index in [2.05, 4.69) is 28.7 Å². The highest BCUT2D eigenvalue weighted by Crippen LogP contribution is 2.17. The minimum Gasteiger partial charge on any atom is -0.472 e. The van der Waals surface area contributed by atoms with Crippen LogP contribution in [0.2, 0.25) is 0 Å². The largest absolute Gasteiger partial charge is 0.472 e. The molecule has 0 amide bonds. The Labute approximate surface area is 110 Å². The van der Waals surface area contributed by atoms with Gasteiger partial charge in [-0.2, -0.15) is 0 Å². The lowest BCUT2D eigenvalue weighted by atomic mass is 10.1. The Bertz CT molecular complexity index is 316. The molecule has 0 spiro atoms. The summed E-state index contributed by atoms with van der Waals surface area (Å²) >= 11 is 0. The fourth-order valence-corrected chi connectivity index (χ4v) is 2.05. The van der Waals surface area contributed by atoms with Crippen LogP contribution in [0.4, 0.5) is 0 Å². The van der Waals surface area contributed by atoms with Crippen molar-refractivity contribution in [3.63, 3.8) is 0 Å². The van der Waals surface area contributed by atoms with E-state index in [0.29, 0.717) is 11.9 Å². The van der Waals surface area contributed by atoms with Crippen LogP contribution in [-0.4, -0.2) is 40.1 Å². The summed E-state index contributed by atoms with van der Waals surface area (Å²) < 4.78 is 5.82. The second-order valence-electron chi connectivity index (χ2n) is 4.51. The standard InChI is InChI=1S/C12H19N3O.C2H6/c1-10(2)15-7-3-4-11(9-15)16-12-8-13-5-6-14-12;1-2/h5-6,8,10-11H,3-4,7,9H2,1-2H3;1-2H3. The summed E-state index contributed by atoms with van der Waals surface area (Å²) in [4.78, 5) is 10.6. The molecule has 1 saturated heterocycles. The minimum atomic E-state index is 0.257. The van der Waals surface area contributed by atoms with E-state index in [4.69, 9.17) is 4.74 Å². The van der Waals surface area contributed by atoms with Gasteiger partial charge in [-0.25, -0.2) is 4.98 Å². The Balaban J connectivity index is 0.000000771. The molecule has 2 rings (SSSR count). The molecule has 1 aromatic rings. The van der Waals surface area contributed by atoms with Crippen molar-refractivity contribution >= 4 is 0 Å². The van der Waals surface area contributed by atoms with Crippen LogP contribution in [0, 0.1) is 0 Å². The first-order valence-electron chi connectivity index (χ1n) is 6.92. The SMILES string of the molecule is CC.CC(C)N1CCCC(Oc2cnccn2)C1. The summed E-state index contributed by atoms with van der Waals surface area (Å²) in [6, 6.07) is 0.591. The van der Waals surface area contributed by atoms with Gasteiger partial charge in [-0.15, -0.1) is 0 Å². The number of ether oxygens (including phenoxy) is 1. The van der Waals surface area contributed by atoms with E-state index >= 15 is 0 Å². The molecular formula is C14H25N3O. The lowest BCUT2D eigenvalue weighted by molar-refractivity contribution is 0.0674. The van der Waals surface area contributed by atoms with Gasteiger partial charge in [0.05, 0.1) is 6.20 Å². The van der Waals surface area contributed by atoms with Gasteiger partial charge >= 0.3 is 0 Å². The maximum atomic E-state index is 5.82. The molecule has 0 aliphatic carbocycles. The lowest BCUT2D eigenvalue weighted by Crippen LogP contribution is -2.44. The summed E-state index contributed by atoms with van der Waals surface area (Å²) in [5.74, 6) is 0.637. The number of aromatic nitrogens is 2. The van der Waals surface area contributed by atoms with E-state index < -0.39 is 0 Å². The van der Waals surface area contributed by atoms with Crippen molar-refractivity contribution in [1.29, 1.82) is 0 Å². The van der Waals surface area contributed by atoms with Gasteiger partial charge in [-0.3, -0.25) is 9.88 Å². The van der Waals surface area contributed by atoms with Gasteiger partial charge in [0.2, 0.25) is 5.88 Å². The number of rotatable bonds is 3. The van der Waals surface area contributed by atoms with Gasteiger partial charge in [0.1, 0.15) is 6.10 Å². The molecule has 18 heavy (non-hydrogen) atoms. The highest BCUT2D eigenvalue weighted by Gasteiger charge is 2.23. The predicted octanol–water partition coefficient (Wildman–Crippen LogP) is 2.75. The van der Waals surface area contributed by atoms with Crippen LogP contribution in [-0.2, 0) is 0 Å². The third-order valence-electron chi connectivity index (χ3n) is 2.97. The predicted molar refractivity (Wildman–Crippen MR) is 73.7 cm³/mol. The second-order valence-corrected chi connectivity index (χ2v) is 4.51. The van der Waals surface area contributed by atoms with Crippen molar-refractivity contribution in [2.24, 2.45) is 0 Å². The first-order chi connectivity index (χ1) is 8.75. The summed E-state index contributed by atoms with van der Waals surface area (Å²) in [6.07, 6.45) is 7.57. The minimum absolute atomic E-state index is 0.257. The summed E-state index contributed by atoms with van der Waals surface area (Å²) in [7, 11) is 0. The number of nitrogens with zero attached hydrogens (tertiary/aromatic N) is 3. The molecule has 1 aromatic heterocycles. The van der Waals surface area contributed by atoms with Crippen LogP contribution in [0.3, 0.4) is 0 Å². The Kier molecular flexibility index (Phi) is 6.65. The first kappa shape index (κ1) is 14.9. The lowest BCUT2D eigenvalue weighted by Gasteiger charge is -2.35. The molecule has 0 bridgehead atoms. The topological polar surface area (TPSA) is 38.2 Å². The zero-order valence-electron chi connectivity index (χ0n) is 12.0. The maximum absolute atomic E-state index is 5.82. The Morgan fingerprint density at radius 1 is 1.33 bits per heavy atom. The van der Waals surface area contributed by atoms with Crippen LogP contribution in [0.1, 0.15) is 40.5 Å². The molecule has 4 nitrogen and oxygen atoms in total. The van der Waals surface area contributed by atoms with E-state index in [1.54, 1.807) is 18.6 Å². The number of hydrogen-bond donors (Lipinski definition) is 0. The summed E-state index contributed by atoms with van der Waals surface area (Å²) in [6.45, 7) is 10.6. The van der Waals surface area contributed by atoms with Gasteiger partial charge in [-0.05, 0) is 33.2 Å². The molecule has 1 unspecified atom stereocenters. The zero-order chi connectivity index (χ0) is 13.4. The molecule has 0 radical (unpaired) electrons. The van der Waals surface area contributed by atoms with Crippen molar-refractivity contribution in [3.05, 3.63) is 18.6 Å². The molecule has 2 heterocycles. The fourth-order valence-electron chi connectivity index (χ4n) is 2.05. The van der Waals surface area contributed by atoms with Crippen LogP contribution in [0.5, 0.6) is 5.88 Å². The third kappa shape index (κ3) is 4.61. The van der Waals surface area contributed by atoms with E-state index in [1.807, 2.05) is 13.8 Å². The van der Waals surface area contributed by atoms with Gasteiger partial charge in [0.15, 0.2) is 0 Å². The normalized spacial score (nSPS) is 20.2. The quantitative estimate of drug-likeness (QED) is 0.828. The Morgan fingerprint density at radius 2 is 2.11 bits per heavy atom. The van der Waals surface area contributed by atoms with Gasteiger partial charge in [0, 0.05) is 25.0 Å².